The molecule has 2 saturated heterocycles. The summed E-state index contributed by atoms with van der Waals surface area (Å²) in [4.78, 5) is 21.9. The highest BCUT2D eigenvalue weighted by Gasteiger charge is 2.25. The summed E-state index contributed by atoms with van der Waals surface area (Å²) >= 11 is 0. The van der Waals surface area contributed by atoms with Crippen LogP contribution in [0.15, 0.2) is 48.5 Å². The topological polar surface area (TPSA) is 39.3 Å². The molecule has 2 aliphatic rings. The first-order valence-corrected chi connectivity index (χ1v) is 11.9. The summed E-state index contributed by atoms with van der Waals surface area (Å²) in [7, 11) is 1.50. The molecular weight excluding hydrogens is 419 g/mol. The summed E-state index contributed by atoms with van der Waals surface area (Å²) in [5, 5.41) is 0. The molecule has 0 radical (unpaired) electrons. The van der Waals surface area contributed by atoms with Gasteiger partial charge in [0.2, 0.25) is 5.91 Å². The summed E-state index contributed by atoms with van der Waals surface area (Å²) < 4.78 is 19.2. The second kappa shape index (κ2) is 11.6. The van der Waals surface area contributed by atoms with Crippen LogP contribution in [0.3, 0.4) is 0 Å². The maximum absolute atomic E-state index is 13.9. The Morgan fingerprint density at radius 2 is 1.52 bits per heavy atom. The van der Waals surface area contributed by atoms with Crippen LogP contribution < -0.4 is 4.74 Å². The van der Waals surface area contributed by atoms with Crippen molar-refractivity contribution in [3.8, 4) is 5.75 Å². The van der Waals surface area contributed by atoms with Gasteiger partial charge in [-0.15, -0.1) is 0 Å². The van der Waals surface area contributed by atoms with Crippen LogP contribution in [-0.4, -0.2) is 98.1 Å². The zero-order valence-corrected chi connectivity index (χ0v) is 19.6. The molecule has 33 heavy (non-hydrogen) atoms. The molecule has 0 aromatic heterocycles. The van der Waals surface area contributed by atoms with Crippen LogP contribution in [-0.2, 0) is 17.8 Å². The minimum absolute atomic E-state index is 0.218. The average molecular weight is 455 g/mol. The van der Waals surface area contributed by atoms with E-state index in [1.165, 1.54) is 18.7 Å². The third-order valence-electron chi connectivity index (χ3n) is 6.75. The highest BCUT2D eigenvalue weighted by atomic mass is 19.1. The first kappa shape index (κ1) is 23.7. The van der Waals surface area contributed by atoms with Gasteiger partial charge in [0.25, 0.3) is 0 Å². The van der Waals surface area contributed by atoms with Crippen molar-refractivity contribution in [1.29, 1.82) is 0 Å². The number of piperazine rings is 2. The Morgan fingerprint density at radius 1 is 0.848 bits per heavy atom. The molecule has 2 aromatic carbocycles. The number of carbonyl (C=O) groups excluding carboxylic acids is 1. The average Bonchev–Trinajstić information content (AvgIpc) is 2.85. The quantitative estimate of drug-likeness (QED) is 0.612. The third-order valence-corrected chi connectivity index (χ3v) is 6.75. The normalized spacial score (nSPS) is 18.4. The number of halogens is 1. The number of methoxy groups -OCH3 is 1. The van der Waals surface area contributed by atoms with Crippen molar-refractivity contribution in [3.05, 3.63) is 65.5 Å². The summed E-state index contributed by atoms with van der Waals surface area (Å²) in [5.41, 5.74) is 2.23. The van der Waals surface area contributed by atoms with E-state index < -0.39 is 0 Å². The second-order valence-electron chi connectivity index (χ2n) is 8.94. The molecule has 0 atom stereocenters. The summed E-state index contributed by atoms with van der Waals surface area (Å²) in [6.45, 7) is 9.15. The Labute approximate surface area is 196 Å². The molecular formula is C26H35FN4O2. The number of rotatable bonds is 8. The highest BCUT2D eigenvalue weighted by molar-refractivity contribution is 5.78. The van der Waals surface area contributed by atoms with E-state index in [0.29, 0.717) is 31.9 Å². The van der Waals surface area contributed by atoms with Crippen molar-refractivity contribution < 1.29 is 13.9 Å². The second-order valence-corrected chi connectivity index (χ2v) is 8.94. The van der Waals surface area contributed by atoms with Crippen molar-refractivity contribution in [2.75, 3.05) is 72.6 Å². The van der Waals surface area contributed by atoms with Gasteiger partial charge in [-0.25, -0.2) is 4.39 Å². The smallest absolute Gasteiger partial charge is 0.236 e. The van der Waals surface area contributed by atoms with Crippen LogP contribution in [0.1, 0.15) is 11.1 Å². The highest BCUT2D eigenvalue weighted by Crippen LogP contribution is 2.24. The Hall–Kier alpha value is -2.48. The van der Waals surface area contributed by atoms with Crippen molar-refractivity contribution in [3.63, 3.8) is 0 Å². The predicted molar refractivity (Wildman–Crippen MR) is 128 cm³/mol. The molecule has 0 bridgehead atoms. The molecule has 0 N–H and O–H groups in total. The van der Waals surface area contributed by atoms with E-state index in [2.05, 4.69) is 45.0 Å². The lowest BCUT2D eigenvalue weighted by atomic mass is 10.1. The van der Waals surface area contributed by atoms with Gasteiger partial charge in [0.05, 0.1) is 13.7 Å². The minimum atomic E-state index is -0.330. The van der Waals surface area contributed by atoms with Crippen LogP contribution in [0.5, 0.6) is 5.75 Å². The first-order valence-electron chi connectivity index (χ1n) is 11.9. The minimum Gasteiger partial charge on any atom is -0.493 e. The van der Waals surface area contributed by atoms with Crippen LogP contribution in [0, 0.1) is 5.82 Å². The molecule has 0 saturated carbocycles. The maximum Gasteiger partial charge on any atom is 0.236 e. The van der Waals surface area contributed by atoms with Crippen LogP contribution in [0.4, 0.5) is 4.39 Å². The maximum atomic E-state index is 13.9. The fourth-order valence-electron chi connectivity index (χ4n) is 4.70. The summed E-state index contributed by atoms with van der Waals surface area (Å²) in [5.74, 6) is 0.207. The Bertz CT molecular complexity index is 894. The number of hydrogen-bond donors (Lipinski definition) is 0. The SMILES string of the molecule is COc1c(F)cccc1CN1CCN(C(=O)CN2CCN(CCc3ccccc3)CC2)CC1. The van der Waals surface area contributed by atoms with Crippen LogP contribution >= 0.6 is 0 Å². The van der Waals surface area contributed by atoms with Crippen molar-refractivity contribution >= 4 is 5.91 Å². The number of amides is 1. The lowest BCUT2D eigenvalue weighted by Gasteiger charge is -2.38. The molecule has 0 unspecified atom stereocenters. The van der Waals surface area contributed by atoms with E-state index in [4.69, 9.17) is 4.74 Å². The number of ether oxygens (including phenoxy) is 1. The Kier molecular flexibility index (Phi) is 8.31. The molecule has 178 valence electrons. The number of hydrogen-bond acceptors (Lipinski definition) is 5. The molecule has 4 rings (SSSR count). The lowest BCUT2D eigenvalue weighted by molar-refractivity contribution is -0.134. The first-order chi connectivity index (χ1) is 16.1. The van der Waals surface area contributed by atoms with Gasteiger partial charge in [0.1, 0.15) is 0 Å². The van der Waals surface area contributed by atoms with E-state index in [1.807, 2.05) is 11.0 Å². The number of para-hydroxylation sites is 1. The summed E-state index contributed by atoms with van der Waals surface area (Å²) in [6.07, 6.45) is 1.07. The van der Waals surface area contributed by atoms with E-state index in [1.54, 1.807) is 6.07 Å². The van der Waals surface area contributed by atoms with Gasteiger partial charge in [-0.1, -0.05) is 42.5 Å². The van der Waals surface area contributed by atoms with Gasteiger partial charge in [-0.3, -0.25) is 14.6 Å². The van der Waals surface area contributed by atoms with Crippen LogP contribution in [0.2, 0.25) is 0 Å². The summed E-state index contributed by atoms with van der Waals surface area (Å²) in [6, 6.07) is 15.6. The van der Waals surface area contributed by atoms with Gasteiger partial charge >= 0.3 is 0 Å². The van der Waals surface area contributed by atoms with E-state index in [-0.39, 0.29) is 11.7 Å². The Morgan fingerprint density at radius 3 is 2.21 bits per heavy atom. The molecule has 0 aliphatic carbocycles. The number of benzene rings is 2. The standard InChI is InChI=1S/C26H35FN4O2/c1-33-26-23(8-5-9-24(26)27)20-29-16-18-31(19-17-29)25(32)21-30-14-12-28(13-15-30)11-10-22-6-3-2-4-7-22/h2-9H,10-21H2,1H3. The van der Waals surface area contributed by atoms with Crippen molar-refractivity contribution in [2.24, 2.45) is 0 Å². The molecule has 1 amide bonds. The van der Waals surface area contributed by atoms with Crippen molar-refractivity contribution in [1.82, 2.24) is 19.6 Å². The zero-order valence-electron chi connectivity index (χ0n) is 19.6. The molecule has 7 heteroatoms. The largest absolute Gasteiger partial charge is 0.493 e. The number of nitrogens with zero attached hydrogens (tertiary/aromatic N) is 4. The van der Waals surface area contributed by atoms with Crippen LogP contribution in [0.25, 0.3) is 0 Å². The van der Waals surface area contributed by atoms with E-state index >= 15 is 0 Å². The molecule has 0 spiro atoms. The van der Waals surface area contributed by atoms with Gasteiger partial charge in [0, 0.05) is 71.0 Å². The molecule has 2 aliphatic heterocycles. The number of carbonyl (C=O) groups is 1. The molecule has 6 nitrogen and oxygen atoms in total. The van der Waals surface area contributed by atoms with Gasteiger partial charge in [-0.2, -0.15) is 0 Å². The predicted octanol–water partition coefficient (Wildman–Crippen LogP) is 2.34. The fraction of sp³-hybridized carbons (Fsp3) is 0.500. The van der Waals surface area contributed by atoms with Crippen molar-refractivity contribution in [2.45, 2.75) is 13.0 Å². The van der Waals surface area contributed by atoms with Gasteiger partial charge < -0.3 is 14.5 Å². The Balaban J connectivity index is 1.16. The fourth-order valence-corrected chi connectivity index (χ4v) is 4.70. The van der Waals surface area contributed by atoms with Gasteiger partial charge in [0.15, 0.2) is 11.6 Å². The van der Waals surface area contributed by atoms with Gasteiger partial charge in [-0.05, 0) is 18.1 Å². The lowest BCUT2D eigenvalue weighted by Crippen LogP contribution is -2.53. The zero-order chi connectivity index (χ0) is 23.0. The molecule has 2 fully saturated rings. The molecule has 2 aromatic rings. The van der Waals surface area contributed by atoms with E-state index in [0.717, 1.165) is 57.8 Å². The molecule has 2 heterocycles. The monoisotopic (exact) mass is 454 g/mol. The third kappa shape index (κ3) is 6.53. The van der Waals surface area contributed by atoms with E-state index in [9.17, 15) is 9.18 Å².